The number of aryl methyl sites for hydroxylation is 1. The summed E-state index contributed by atoms with van der Waals surface area (Å²) in [6, 6.07) is 16.2. The Morgan fingerprint density at radius 3 is 2.44 bits per heavy atom. The first-order chi connectivity index (χ1) is 17.4. The number of nitrogens with zero attached hydrogens (tertiary/aromatic N) is 3. The quantitative estimate of drug-likeness (QED) is 0.521. The molecule has 1 unspecified atom stereocenters. The van der Waals surface area contributed by atoms with Crippen molar-refractivity contribution in [2.24, 2.45) is 5.92 Å². The first-order valence-corrected chi connectivity index (χ1v) is 11.7. The molecule has 9 heteroatoms. The van der Waals surface area contributed by atoms with E-state index >= 15 is 0 Å². The maximum absolute atomic E-state index is 13.2. The molecule has 186 valence electrons. The first kappa shape index (κ1) is 24.8. The van der Waals surface area contributed by atoms with Crippen LogP contribution in [0.25, 0.3) is 11.3 Å². The number of benzene rings is 2. The van der Waals surface area contributed by atoms with Crippen molar-refractivity contribution < 1.29 is 23.9 Å². The summed E-state index contributed by atoms with van der Waals surface area (Å²) in [4.78, 5) is 39.4. The van der Waals surface area contributed by atoms with Gasteiger partial charge in [0, 0.05) is 18.7 Å². The minimum Gasteiger partial charge on any atom is -0.465 e. The number of aromatic nitrogens is 2. The van der Waals surface area contributed by atoms with E-state index in [1.165, 1.54) is 32.4 Å². The molecule has 0 radical (unpaired) electrons. The predicted molar refractivity (Wildman–Crippen MR) is 135 cm³/mol. The Kier molecular flexibility index (Phi) is 7.58. The fourth-order valence-corrected chi connectivity index (χ4v) is 4.31. The van der Waals surface area contributed by atoms with Gasteiger partial charge in [-0.2, -0.15) is 0 Å². The molecule has 1 fully saturated rings. The molecule has 3 aromatic rings. The Labute approximate surface area is 209 Å². The number of piperidine rings is 1. The van der Waals surface area contributed by atoms with Crippen LogP contribution in [0.5, 0.6) is 0 Å². The third kappa shape index (κ3) is 5.35. The number of esters is 2. The van der Waals surface area contributed by atoms with Crippen LogP contribution in [0.2, 0.25) is 0 Å². The molecule has 0 saturated carbocycles. The molecule has 1 atom stereocenters. The topological polar surface area (TPSA) is 111 Å². The molecule has 1 aliphatic rings. The van der Waals surface area contributed by atoms with Crippen LogP contribution in [-0.4, -0.2) is 55.4 Å². The van der Waals surface area contributed by atoms with Gasteiger partial charge in [0.25, 0.3) is 0 Å². The number of carbonyl (C=O) groups excluding carboxylic acids is 3. The van der Waals surface area contributed by atoms with Gasteiger partial charge in [0.05, 0.1) is 42.6 Å². The van der Waals surface area contributed by atoms with E-state index in [-0.39, 0.29) is 28.6 Å². The number of methoxy groups -OCH3 is 2. The summed E-state index contributed by atoms with van der Waals surface area (Å²) < 4.78 is 9.58. The smallest absolute Gasteiger partial charge is 0.339 e. The van der Waals surface area contributed by atoms with Gasteiger partial charge in [0.1, 0.15) is 0 Å². The number of ether oxygens (including phenoxy) is 2. The minimum absolute atomic E-state index is 0.156. The van der Waals surface area contributed by atoms with E-state index in [0.717, 1.165) is 29.8 Å². The Balaban J connectivity index is 1.49. The van der Waals surface area contributed by atoms with Gasteiger partial charge >= 0.3 is 11.9 Å². The van der Waals surface area contributed by atoms with Crippen molar-refractivity contribution in [1.29, 1.82) is 0 Å². The highest BCUT2D eigenvalue weighted by molar-refractivity contribution is 6.04. The summed E-state index contributed by atoms with van der Waals surface area (Å²) in [5.74, 6) is -1.08. The monoisotopic (exact) mass is 488 g/mol. The first-order valence-electron chi connectivity index (χ1n) is 11.7. The van der Waals surface area contributed by atoms with Crippen molar-refractivity contribution in [2.75, 3.05) is 37.5 Å². The highest BCUT2D eigenvalue weighted by atomic mass is 16.5. The summed E-state index contributed by atoms with van der Waals surface area (Å²) in [5.41, 5.74) is 3.52. The van der Waals surface area contributed by atoms with E-state index < -0.39 is 11.9 Å². The van der Waals surface area contributed by atoms with Crippen LogP contribution in [0.1, 0.15) is 39.1 Å². The largest absolute Gasteiger partial charge is 0.465 e. The second-order valence-electron chi connectivity index (χ2n) is 8.61. The van der Waals surface area contributed by atoms with Crippen molar-refractivity contribution in [3.8, 4) is 11.3 Å². The average molecular weight is 489 g/mol. The Hall–Kier alpha value is -4.27. The van der Waals surface area contributed by atoms with Gasteiger partial charge in [-0.1, -0.05) is 24.3 Å². The molecule has 1 aliphatic heterocycles. The van der Waals surface area contributed by atoms with Crippen molar-refractivity contribution in [3.63, 3.8) is 0 Å². The van der Waals surface area contributed by atoms with Crippen molar-refractivity contribution in [2.45, 2.75) is 19.8 Å². The van der Waals surface area contributed by atoms with Crippen LogP contribution in [-0.2, 0) is 14.3 Å². The summed E-state index contributed by atoms with van der Waals surface area (Å²) in [7, 11) is 2.52. The molecule has 1 aromatic heterocycles. The molecule has 9 nitrogen and oxygen atoms in total. The third-order valence-corrected chi connectivity index (χ3v) is 6.29. The van der Waals surface area contributed by atoms with Crippen LogP contribution in [0.3, 0.4) is 0 Å². The summed E-state index contributed by atoms with van der Waals surface area (Å²) in [6.45, 7) is 3.24. The predicted octanol–water partition coefficient (Wildman–Crippen LogP) is 3.88. The van der Waals surface area contributed by atoms with E-state index in [1.54, 1.807) is 0 Å². The zero-order valence-electron chi connectivity index (χ0n) is 20.5. The molecular formula is C27H28N4O5. The SMILES string of the molecule is COC(=O)c1ccc(C(=O)OC)c(NC(=O)C2CCCN(c3ccc(-c4ccccc4C)nn3)C2)c1. The van der Waals surface area contributed by atoms with Crippen molar-refractivity contribution in [1.82, 2.24) is 10.2 Å². The second kappa shape index (κ2) is 11.0. The molecule has 2 heterocycles. The molecule has 1 amide bonds. The lowest BCUT2D eigenvalue weighted by atomic mass is 9.96. The lowest BCUT2D eigenvalue weighted by molar-refractivity contribution is -0.120. The molecular weight excluding hydrogens is 460 g/mol. The number of hydrogen-bond acceptors (Lipinski definition) is 8. The van der Waals surface area contributed by atoms with Crippen LogP contribution >= 0.6 is 0 Å². The number of rotatable bonds is 6. The highest BCUT2D eigenvalue weighted by Crippen LogP contribution is 2.27. The van der Waals surface area contributed by atoms with Gasteiger partial charge in [-0.05, 0) is 55.7 Å². The van der Waals surface area contributed by atoms with E-state index in [9.17, 15) is 14.4 Å². The maximum atomic E-state index is 13.2. The van der Waals surface area contributed by atoms with Crippen molar-refractivity contribution >= 4 is 29.4 Å². The van der Waals surface area contributed by atoms with Crippen molar-refractivity contribution in [3.05, 3.63) is 71.3 Å². The van der Waals surface area contributed by atoms with Gasteiger partial charge in [-0.25, -0.2) is 9.59 Å². The molecule has 2 aromatic carbocycles. The van der Waals surface area contributed by atoms with Gasteiger partial charge in [-0.15, -0.1) is 10.2 Å². The van der Waals surface area contributed by atoms with Crippen LogP contribution in [0.4, 0.5) is 11.5 Å². The van der Waals surface area contributed by atoms with E-state index in [4.69, 9.17) is 9.47 Å². The molecule has 0 aliphatic carbocycles. The molecule has 1 saturated heterocycles. The Morgan fingerprint density at radius 2 is 1.75 bits per heavy atom. The lowest BCUT2D eigenvalue weighted by Gasteiger charge is -2.32. The third-order valence-electron chi connectivity index (χ3n) is 6.29. The second-order valence-corrected chi connectivity index (χ2v) is 8.61. The minimum atomic E-state index is -0.615. The van der Waals surface area contributed by atoms with Gasteiger partial charge in [0.15, 0.2) is 5.82 Å². The lowest BCUT2D eigenvalue weighted by Crippen LogP contribution is -2.41. The van der Waals surface area contributed by atoms with Crippen LogP contribution < -0.4 is 10.2 Å². The molecule has 36 heavy (non-hydrogen) atoms. The molecule has 0 bridgehead atoms. The zero-order chi connectivity index (χ0) is 25.7. The summed E-state index contributed by atoms with van der Waals surface area (Å²) >= 11 is 0. The van der Waals surface area contributed by atoms with Gasteiger partial charge in [0.2, 0.25) is 5.91 Å². The number of hydrogen-bond donors (Lipinski definition) is 1. The van der Waals surface area contributed by atoms with Gasteiger partial charge in [-0.3, -0.25) is 4.79 Å². The number of carbonyl (C=O) groups is 3. The molecule has 4 rings (SSSR count). The highest BCUT2D eigenvalue weighted by Gasteiger charge is 2.28. The van der Waals surface area contributed by atoms with E-state index in [0.29, 0.717) is 18.8 Å². The molecule has 0 spiro atoms. The number of nitrogens with one attached hydrogen (secondary N) is 1. The summed E-state index contributed by atoms with van der Waals surface area (Å²) in [5, 5.41) is 11.6. The van der Waals surface area contributed by atoms with E-state index in [1.807, 2.05) is 48.2 Å². The Morgan fingerprint density at radius 1 is 0.972 bits per heavy atom. The Bertz CT molecular complexity index is 1280. The maximum Gasteiger partial charge on any atom is 0.339 e. The van der Waals surface area contributed by atoms with E-state index in [2.05, 4.69) is 15.5 Å². The molecule has 1 N–H and O–H groups in total. The number of anilines is 2. The fourth-order valence-electron chi connectivity index (χ4n) is 4.31. The standard InChI is InChI=1S/C27H28N4O5/c1-17-7-4-5-9-20(17)22-12-13-24(30-29-22)31-14-6-8-19(16-31)25(32)28-23-15-18(26(33)35-2)10-11-21(23)27(34)36-3/h4-5,7,9-13,15,19H,6,8,14,16H2,1-3H3,(H,28,32). The fraction of sp³-hybridized carbons (Fsp3) is 0.296. The average Bonchev–Trinajstić information content (AvgIpc) is 2.92. The van der Waals surface area contributed by atoms with Crippen LogP contribution in [0, 0.1) is 12.8 Å². The van der Waals surface area contributed by atoms with Crippen LogP contribution in [0.15, 0.2) is 54.6 Å². The van der Waals surface area contributed by atoms with Gasteiger partial charge < -0.3 is 19.7 Å². The normalized spacial score (nSPS) is 15.2. The summed E-state index contributed by atoms with van der Waals surface area (Å²) in [6.07, 6.45) is 1.48. The zero-order valence-corrected chi connectivity index (χ0v) is 20.5. The number of amides is 1.